The van der Waals surface area contributed by atoms with Crippen LogP contribution < -0.4 is 17.0 Å². The number of anilines is 1. The molecule has 9 heteroatoms. The van der Waals surface area contributed by atoms with Gasteiger partial charge in [0.2, 0.25) is 5.91 Å². The Hall–Kier alpha value is -3.41. The Balaban J connectivity index is 2.73. The van der Waals surface area contributed by atoms with Gasteiger partial charge < -0.3 is 16.6 Å². The van der Waals surface area contributed by atoms with Gasteiger partial charge in [0.15, 0.2) is 5.69 Å². The van der Waals surface area contributed by atoms with Gasteiger partial charge in [0, 0.05) is 12.1 Å². The van der Waals surface area contributed by atoms with Crippen LogP contribution in [0.1, 0.15) is 24.7 Å². The Morgan fingerprint density at radius 3 is 2.67 bits per heavy atom. The standard InChI is InChI=1S/C15H15N5O4/c1-7-19-10-6-8(18-2)5-9(16)13(10)15(24)20(7)11(14(17)23)3-4-12(21)22/h5-6,11H,3-4,16H2,1H3,(H2,17,23)(H,21,22)/t11-/m0/s1. The van der Waals surface area contributed by atoms with Crippen molar-refractivity contribution in [1.29, 1.82) is 0 Å². The minimum absolute atomic E-state index is 0.0613. The Bertz CT molecular complexity index is 942. The Morgan fingerprint density at radius 1 is 1.46 bits per heavy atom. The molecule has 0 aliphatic rings. The van der Waals surface area contributed by atoms with Crippen molar-refractivity contribution < 1.29 is 14.7 Å². The van der Waals surface area contributed by atoms with E-state index in [0.29, 0.717) is 0 Å². The van der Waals surface area contributed by atoms with E-state index < -0.39 is 23.5 Å². The van der Waals surface area contributed by atoms with Crippen LogP contribution in [0.25, 0.3) is 15.7 Å². The summed E-state index contributed by atoms with van der Waals surface area (Å²) in [5, 5.41) is 8.86. The molecule has 0 saturated heterocycles. The number of hydrogen-bond acceptors (Lipinski definition) is 5. The van der Waals surface area contributed by atoms with E-state index in [1.807, 2.05) is 0 Å². The monoisotopic (exact) mass is 329 g/mol. The van der Waals surface area contributed by atoms with Crippen molar-refractivity contribution in [3.8, 4) is 0 Å². The van der Waals surface area contributed by atoms with Crippen LogP contribution in [0.4, 0.5) is 11.4 Å². The first-order valence-electron chi connectivity index (χ1n) is 6.97. The highest BCUT2D eigenvalue weighted by Crippen LogP contribution is 2.25. The van der Waals surface area contributed by atoms with Crippen molar-refractivity contribution in [2.75, 3.05) is 5.73 Å². The van der Waals surface area contributed by atoms with Crippen molar-refractivity contribution in [2.45, 2.75) is 25.8 Å². The molecule has 1 atom stereocenters. The summed E-state index contributed by atoms with van der Waals surface area (Å²) in [5.41, 5.74) is 11.1. The minimum Gasteiger partial charge on any atom is -0.481 e. The molecule has 0 saturated carbocycles. The molecule has 0 fully saturated rings. The van der Waals surface area contributed by atoms with Gasteiger partial charge >= 0.3 is 5.97 Å². The summed E-state index contributed by atoms with van der Waals surface area (Å²) >= 11 is 0. The number of nitrogen functional groups attached to an aromatic ring is 1. The number of aliphatic carboxylic acids is 1. The van der Waals surface area contributed by atoms with E-state index in [4.69, 9.17) is 23.1 Å². The quantitative estimate of drug-likeness (QED) is 0.544. The third kappa shape index (κ3) is 3.03. The van der Waals surface area contributed by atoms with Crippen LogP contribution in [0.5, 0.6) is 0 Å². The molecule has 2 rings (SSSR count). The molecule has 0 bridgehead atoms. The maximum absolute atomic E-state index is 12.8. The van der Waals surface area contributed by atoms with Crippen LogP contribution >= 0.6 is 0 Å². The first-order valence-corrected chi connectivity index (χ1v) is 6.97. The number of carboxylic acid groups (broad SMARTS) is 1. The Labute approximate surface area is 136 Å². The normalized spacial score (nSPS) is 11.8. The fraction of sp³-hybridized carbons (Fsp3) is 0.267. The molecule has 2 aromatic rings. The first kappa shape index (κ1) is 17.0. The second-order valence-electron chi connectivity index (χ2n) is 5.23. The topological polar surface area (TPSA) is 146 Å². The van der Waals surface area contributed by atoms with E-state index in [1.165, 1.54) is 19.1 Å². The molecule has 1 heterocycles. The predicted octanol–water partition coefficient (Wildman–Crippen LogP) is 0.729. The maximum atomic E-state index is 12.8. The Kier molecular flexibility index (Phi) is 4.50. The van der Waals surface area contributed by atoms with Crippen LogP contribution in [-0.4, -0.2) is 26.5 Å². The van der Waals surface area contributed by atoms with Crippen molar-refractivity contribution in [1.82, 2.24) is 9.55 Å². The number of nitrogens with zero attached hydrogens (tertiary/aromatic N) is 3. The molecule has 1 aromatic heterocycles. The van der Waals surface area contributed by atoms with Gasteiger partial charge in [-0.05, 0) is 25.5 Å². The van der Waals surface area contributed by atoms with Gasteiger partial charge in [0.05, 0.1) is 17.5 Å². The van der Waals surface area contributed by atoms with Gasteiger partial charge in [0.1, 0.15) is 11.9 Å². The molecular formula is C15H15N5O4. The minimum atomic E-state index is -1.15. The number of amides is 1. The number of carboxylic acids is 1. The first-order chi connectivity index (χ1) is 11.3. The van der Waals surface area contributed by atoms with E-state index in [9.17, 15) is 14.4 Å². The van der Waals surface area contributed by atoms with Crippen LogP contribution in [0.15, 0.2) is 16.9 Å². The van der Waals surface area contributed by atoms with Gasteiger partial charge in [-0.2, -0.15) is 0 Å². The molecule has 9 nitrogen and oxygen atoms in total. The second kappa shape index (κ2) is 6.37. The zero-order valence-corrected chi connectivity index (χ0v) is 12.8. The number of rotatable bonds is 5. The lowest BCUT2D eigenvalue weighted by molar-refractivity contribution is -0.137. The lowest BCUT2D eigenvalue weighted by Crippen LogP contribution is -2.36. The summed E-state index contributed by atoms with van der Waals surface area (Å²) in [5.74, 6) is -1.76. The van der Waals surface area contributed by atoms with Gasteiger partial charge in [-0.1, -0.05) is 0 Å². The lowest BCUT2D eigenvalue weighted by atomic mass is 10.1. The van der Waals surface area contributed by atoms with Crippen LogP contribution in [-0.2, 0) is 9.59 Å². The van der Waals surface area contributed by atoms with Crippen molar-refractivity contribution in [3.05, 3.63) is 39.7 Å². The van der Waals surface area contributed by atoms with Crippen molar-refractivity contribution >= 4 is 34.2 Å². The predicted molar refractivity (Wildman–Crippen MR) is 86.5 cm³/mol. The molecule has 0 radical (unpaired) electrons. The third-order valence-electron chi connectivity index (χ3n) is 3.60. The fourth-order valence-electron chi connectivity index (χ4n) is 2.54. The molecule has 0 aliphatic heterocycles. The SMILES string of the molecule is [C-]#[N+]c1cc(N)c2c(=O)n([C@@H](CCC(=O)O)C(N)=O)c(C)nc2c1. The molecule has 0 unspecified atom stereocenters. The highest BCUT2D eigenvalue weighted by Gasteiger charge is 2.24. The van der Waals surface area contributed by atoms with Crippen LogP contribution in [0.2, 0.25) is 0 Å². The highest BCUT2D eigenvalue weighted by atomic mass is 16.4. The van der Waals surface area contributed by atoms with Crippen LogP contribution in [0.3, 0.4) is 0 Å². The highest BCUT2D eigenvalue weighted by molar-refractivity contribution is 5.93. The molecule has 1 aromatic carbocycles. The van der Waals surface area contributed by atoms with Crippen LogP contribution in [0, 0.1) is 13.5 Å². The molecule has 24 heavy (non-hydrogen) atoms. The van der Waals surface area contributed by atoms with Crippen molar-refractivity contribution in [3.63, 3.8) is 0 Å². The van der Waals surface area contributed by atoms with Gasteiger partial charge in [-0.15, -0.1) is 0 Å². The summed E-state index contributed by atoms with van der Waals surface area (Å²) in [6, 6.07) is 1.62. The third-order valence-corrected chi connectivity index (χ3v) is 3.60. The average molecular weight is 329 g/mol. The van der Waals surface area contributed by atoms with Gasteiger partial charge in [-0.25, -0.2) is 9.83 Å². The summed E-state index contributed by atoms with van der Waals surface area (Å²) < 4.78 is 1.06. The van der Waals surface area contributed by atoms with Gasteiger partial charge in [-0.3, -0.25) is 19.0 Å². The van der Waals surface area contributed by atoms with E-state index in [0.717, 1.165) is 4.57 Å². The summed E-state index contributed by atoms with van der Waals surface area (Å²) in [7, 11) is 0. The largest absolute Gasteiger partial charge is 0.481 e. The smallest absolute Gasteiger partial charge is 0.303 e. The van der Waals surface area contributed by atoms with E-state index in [-0.39, 0.29) is 40.9 Å². The number of benzene rings is 1. The fourth-order valence-corrected chi connectivity index (χ4v) is 2.54. The molecule has 124 valence electrons. The lowest BCUT2D eigenvalue weighted by Gasteiger charge is -2.19. The van der Waals surface area contributed by atoms with Gasteiger partial charge in [0.25, 0.3) is 5.56 Å². The number of carbonyl (C=O) groups is 2. The molecule has 0 aliphatic carbocycles. The van der Waals surface area contributed by atoms with E-state index in [2.05, 4.69) is 9.83 Å². The zero-order valence-electron chi connectivity index (χ0n) is 12.8. The molecule has 1 amide bonds. The number of primary amides is 1. The number of aryl methyl sites for hydroxylation is 1. The number of aromatic nitrogens is 2. The number of carbonyl (C=O) groups excluding carboxylic acids is 1. The number of hydrogen-bond donors (Lipinski definition) is 3. The van der Waals surface area contributed by atoms with Crippen molar-refractivity contribution in [2.24, 2.45) is 5.73 Å². The molecular weight excluding hydrogens is 314 g/mol. The zero-order chi connectivity index (χ0) is 18.0. The number of fused-ring (bicyclic) bond motifs is 1. The number of nitrogens with two attached hydrogens (primary N) is 2. The summed E-state index contributed by atoms with van der Waals surface area (Å²) in [6.07, 6.45) is -0.470. The van der Waals surface area contributed by atoms with E-state index >= 15 is 0 Å². The summed E-state index contributed by atoms with van der Waals surface area (Å²) in [6.45, 7) is 8.52. The maximum Gasteiger partial charge on any atom is 0.303 e. The molecule has 0 spiro atoms. The molecule has 5 N–H and O–H groups in total. The summed E-state index contributed by atoms with van der Waals surface area (Å²) in [4.78, 5) is 42.7. The second-order valence-corrected chi connectivity index (χ2v) is 5.23. The Morgan fingerprint density at radius 2 is 2.12 bits per heavy atom. The average Bonchev–Trinajstić information content (AvgIpc) is 2.48. The van der Waals surface area contributed by atoms with E-state index in [1.54, 1.807) is 0 Å².